The average molecular weight is 159 g/mol. The molecular weight excluding hydrogens is 150 g/mol. The predicted octanol–water partition coefficient (Wildman–Crippen LogP) is 1.59. The van der Waals surface area contributed by atoms with Crippen LogP contribution in [0.2, 0.25) is 0 Å². The van der Waals surface area contributed by atoms with Crippen molar-refractivity contribution in [3.8, 4) is 0 Å². The summed E-state index contributed by atoms with van der Waals surface area (Å²) in [6, 6.07) is 2.02. The lowest BCUT2D eigenvalue weighted by molar-refractivity contribution is 1.10. The second-order valence-electron chi connectivity index (χ2n) is 2.60. The van der Waals surface area contributed by atoms with Crippen LogP contribution in [0.1, 0.15) is 12.5 Å². The molecule has 3 nitrogen and oxygen atoms in total. The molecule has 0 aliphatic carbocycles. The van der Waals surface area contributed by atoms with Gasteiger partial charge in [-0.05, 0) is 18.1 Å². The van der Waals surface area contributed by atoms with Gasteiger partial charge in [0.2, 0.25) is 0 Å². The molecule has 12 heavy (non-hydrogen) atoms. The van der Waals surface area contributed by atoms with E-state index in [-0.39, 0.29) is 0 Å². The van der Waals surface area contributed by atoms with Gasteiger partial charge >= 0.3 is 0 Å². The van der Waals surface area contributed by atoms with Gasteiger partial charge in [0.25, 0.3) is 0 Å². The van der Waals surface area contributed by atoms with Crippen LogP contribution in [-0.4, -0.2) is 15.0 Å². The van der Waals surface area contributed by atoms with Crippen LogP contribution in [-0.2, 0) is 6.42 Å². The van der Waals surface area contributed by atoms with Crippen LogP contribution in [0.4, 0.5) is 0 Å². The second-order valence-corrected chi connectivity index (χ2v) is 2.60. The molecule has 0 N–H and O–H groups in total. The van der Waals surface area contributed by atoms with E-state index in [4.69, 9.17) is 0 Å². The summed E-state index contributed by atoms with van der Waals surface area (Å²) in [6.45, 7) is 2.10. The van der Waals surface area contributed by atoms with Crippen molar-refractivity contribution >= 4 is 11.2 Å². The minimum Gasteiger partial charge on any atom is -0.251 e. The molecule has 2 rings (SSSR count). The maximum Gasteiger partial charge on any atom is 0.178 e. The number of aromatic nitrogens is 3. The Balaban J connectivity index is 2.67. The number of rotatable bonds is 1. The first-order valence-corrected chi connectivity index (χ1v) is 3.96. The highest BCUT2D eigenvalue weighted by Crippen LogP contribution is 2.07. The highest BCUT2D eigenvalue weighted by molar-refractivity contribution is 5.69. The number of nitrogens with zero attached hydrogens (tertiary/aromatic N) is 3. The third-order valence-electron chi connectivity index (χ3n) is 1.79. The van der Waals surface area contributed by atoms with Crippen molar-refractivity contribution in [1.82, 2.24) is 15.0 Å². The number of fused-ring (bicyclic) bond motifs is 1. The molecule has 2 aromatic heterocycles. The zero-order valence-corrected chi connectivity index (χ0v) is 6.86. The summed E-state index contributed by atoms with van der Waals surface area (Å²) in [5.74, 6) is 0. The first kappa shape index (κ1) is 7.16. The fourth-order valence-electron chi connectivity index (χ4n) is 1.09. The lowest BCUT2D eigenvalue weighted by Crippen LogP contribution is -1.88. The van der Waals surface area contributed by atoms with E-state index in [0.717, 1.165) is 17.6 Å². The number of aryl methyl sites for hydroxylation is 1. The normalized spacial score (nSPS) is 10.4. The summed E-state index contributed by atoms with van der Waals surface area (Å²) in [4.78, 5) is 12.4. The summed E-state index contributed by atoms with van der Waals surface area (Å²) in [5.41, 5.74) is 2.79. The van der Waals surface area contributed by atoms with E-state index in [1.54, 1.807) is 12.4 Å². The largest absolute Gasteiger partial charge is 0.251 e. The summed E-state index contributed by atoms with van der Waals surface area (Å²) >= 11 is 0. The van der Waals surface area contributed by atoms with Crippen molar-refractivity contribution in [3.05, 3.63) is 30.2 Å². The van der Waals surface area contributed by atoms with E-state index in [0.29, 0.717) is 0 Å². The van der Waals surface area contributed by atoms with Gasteiger partial charge in [-0.1, -0.05) is 6.92 Å². The van der Waals surface area contributed by atoms with Crippen molar-refractivity contribution in [2.24, 2.45) is 0 Å². The van der Waals surface area contributed by atoms with Crippen LogP contribution in [0.25, 0.3) is 11.2 Å². The third kappa shape index (κ3) is 1.13. The molecule has 0 saturated carbocycles. The minimum absolute atomic E-state index is 0.717. The Kier molecular flexibility index (Phi) is 1.70. The maximum absolute atomic E-state index is 4.18. The fraction of sp³-hybridized carbons (Fsp3) is 0.222. The van der Waals surface area contributed by atoms with Crippen molar-refractivity contribution < 1.29 is 0 Å². The van der Waals surface area contributed by atoms with Crippen LogP contribution >= 0.6 is 0 Å². The average Bonchev–Trinajstić information content (AvgIpc) is 2.17. The van der Waals surface area contributed by atoms with Gasteiger partial charge in [-0.3, -0.25) is 4.98 Å². The van der Waals surface area contributed by atoms with Gasteiger partial charge in [-0.25, -0.2) is 9.97 Å². The van der Waals surface area contributed by atoms with Crippen molar-refractivity contribution in [2.45, 2.75) is 13.3 Å². The van der Waals surface area contributed by atoms with Gasteiger partial charge in [0.15, 0.2) is 5.65 Å². The smallest absolute Gasteiger partial charge is 0.178 e. The molecule has 0 fully saturated rings. The quantitative estimate of drug-likeness (QED) is 0.634. The Bertz CT molecular complexity index is 398. The Morgan fingerprint density at radius 1 is 1.17 bits per heavy atom. The SMILES string of the molecule is CCc1cnc2nccnc2c1. The first-order valence-electron chi connectivity index (χ1n) is 3.96. The molecule has 0 aliphatic heterocycles. The van der Waals surface area contributed by atoms with Crippen LogP contribution in [0.3, 0.4) is 0 Å². The third-order valence-corrected chi connectivity index (χ3v) is 1.79. The molecule has 0 radical (unpaired) electrons. The Morgan fingerprint density at radius 3 is 2.83 bits per heavy atom. The molecule has 0 aromatic carbocycles. The molecule has 0 bridgehead atoms. The molecule has 0 saturated heterocycles. The van der Waals surface area contributed by atoms with Crippen LogP contribution in [0, 0.1) is 0 Å². The molecule has 3 heteroatoms. The first-order chi connectivity index (χ1) is 5.90. The van der Waals surface area contributed by atoms with Crippen molar-refractivity contribution in [1.29, 1.82) is 0 Å². The van der Waals surface area contributed by atoms with Crippen molar-refractivity contribution in [2.75, 3.05) is 0 Å². The highest BCUT2D eigenvalue weighted by Gasteiger charge is 1.96. The van der Waals surface area contributed by atoms with Gasteiger partial charge in [0, 0.05) is 18.6 Å². The maximum atomic E-state index is 4.18. The molecular formula is C9H9N3. The van der Waals surface area contributed by atoms with Crippen molar-refractivity contribution in [3.63, 3.8) is 0 Å². The lowest BCUT2D eigenvalue weighted by atomic mass is 10.2. The summed E-state index contributed by atoms with van der Waals surface area (Å²) in [5, 5.41) is 0. The van der Waals surface area contributed by atoms with E-state index in [1.165, 1.54) is 5.56 Å². The number of pyridine rings is 1. The van der Waals surface area contributed by atoms with Crippen LogP contribution < -0.4 is 0 Å². The van der Waals surface area contributed by atoms with Gasteiger partial charge in [0.1, 0.15) is 5.52 Å². The molecule has 0 unspecified atom stereocenters. The standard InChI is InChI=1S/C9H9N3/c1-2-7-5-8-9(12-6-7)11-4-3-10-8/h3-6H,2H2,1H3. The Hall–Kier alpha value is -1.51. The minimum atomic E-state index is 0.717. The summed E-state index contributed by atoms with van der Waals surface area (Å²) < 4.78 is 0. The van der Waals surface area contributed by atoms with E-state index in [1.807, 2.05) is 12.3 Å². The van der Waals surface area contributed by atoms with E-state index < -0.39 is 0 Å². The topological polar surface area (TPSA) is 38.7 Å². The van der Waals surface area contributed by atoms with Gasteiger partial charge in [-0.2, -0.15) is 0 Å². The molecule has 0 amide bonds. The van der Waals surface area contributed by atoms with E-state index >= 15 is 0 Å². The highest BCUT2D eigenvalue weighted by atomic mass is 14.9. The second kappa shape index (κ2) is 2.85. The number of hydrogen-bond acceptors (Lipinski definition) is 3. The van der Waals surface area contributed by atoms with Gasteiger partial charge in [0.05, 0.1) is 0 Å². The Morgan fingerprint density at radius 2 is 2.00 bits per heavy atom. The zero-order valence-electron chi connectivity index (χ0n) is 6.86. The molecule has 2 heterocycles. The predicted molar refractivity (Wildman–Crippen MR) is 46.7 cm³/mol. The van der Waals surface area contributed by atoms with E-state index in [9.17, 15) is 0 Å². The number of hydrogen-bond donors (Lipinski definition) is 0. The Labute approximate surface area is 70.5 Å². The molecule has 2 aromatic rings. The monoisotopic (exact) mass is 159 g/mol. The molecule has 0 aliphatic rings. The lowest BCUT2D eigenvalue weighted by Gasteiger charge is -1.96. The molecule has 0 atom stereocenters. The van der Waals surface area contributed by atoms with E-state index in [2.05, 4.69) is 21.9 Å². The molecule has 60 valence electrons. The summed E-state index contributed by atoms with van der Waals surface area (Å²) in [6.07, 6.45) is 6.17. The fourth-order valence-corrected chi connectivity index (χ4v) is 1.09. The van der Waals surface area contributed by atoms with Crippen LogP contribution in [0.5, 0.6) is 0 Å². The summed E-state index contributed by atoms with van der Waals surface area (Å²) in [7, 11) is 0. The van der Waals surface area contributed by atoms with Gasteiger partial charge in [-0.15, -0.1) is 0 Å². The van der Waals surface area contributed by atoms with Gasteiger partial charge < -0.3 is 0 Å². The van der Waals surface area contributed by atoms with Crippen LogP contribution in [0.15, 0.2) is 24.7 Å². The molecule has 0 spiro atoms. The zero-order chi connectivity index (χ0) is 8.39.